The Morgan fingerprint density at radius 3 is 2.68 bits per heavy atom. The predicted octanol–water partition coefficient (Wildman–Crippen LogP) is 2.52. The Morgan fingerprint density at radius 2 is 1.95 bits per heavy atom. The van der Waals surface area contributed by atoms with Gasteiger partial charge >= 0.3 is 0 Å². The van der Waals surface area contributed by atoms with E-state index in [-0.39, 0.29) is 25.6 Å². The van der Waals surface area contributed by atoms with E-state index in [1.807, 2.05) is 36.4 Å². The predicted molar refractivity (Wildman–Crippen MR) is 87.8 cm³/mol. The first kappa shape index (κ1) is 14.8. The second kappa shape index (κ2) is 6.30. The van der Waals surface area contributed by atoms with Crippen LogP contribution in [0, 0.1) is 0 Å². The molecule has 22 heavy (non-hydrogen) atoms. The number of halogens is 1. The minimum Gasteiger partial charge on any atom is -0.395 e. The summed E-state index contributed by atoms with van der Waals surface area (Å²) >= 11 is 6.14. The standard InChI is InChI=1S/C17H15ClN2O2/c18-13-6-7-15-14(10-13)17(12-4-2-1-3-5-12)19-11-16(22)20(15)8-9-21/h1-7,10,21H,8-9,11H2. The lowest BCUT2D eigenvalue weighted by Gasteiger charge is -2.22. The summed E-state index contributed by atoms with van der Waals surface area (Å²) in [5.74, 6) is -0.136. The van der Waals surface area contributed by atoms with Crippen LogP contribution in [0.25, 0.3) is 0 Å². The molecule has 0 bridgehead atoms. The van der Waals surface area contributed by atoms with Gasteiger partial charge < -0.3 is 10.0 Å². The third kappa shape index (κ3) is 2.75. The van der Waals surface area contributed by atoms with Crippen molar-refractivity contribution in [3.63, 3.8) is 0 Å². The molecule has 0 unspecified atom stereocenters. The van der Waals surface area contributed by atoms with Crippen molar-refractivity contribution in [1.29, 1.82) is 0 Å². The van der Waals surface area contributed by atoms with E-state index in [9.17, 15) is 9.90 Å². The third-order valence-corrected chi connectivity index (χ3v) is 3.78. The van der Waals surface area contributed by atoms with E-state index in [4.69, 9.17) is 11.6 Å². The number of nitrogens with zero attached hydrogens (tertiary/aromatic N) is 2. The maximum atomic E-state index is 12.3. The first-order valence-electron chi connectivity index (χ1n) is 7.01. The van der Waals surface area contributed by atoms with Crippen molar-refractivity contribution in [3.05, 3.63) is 64.7 Å². The smallest absolute Gasteiger partial charge is 0.248 e. The number of carbonyl (C=O) groups excluding carboxylic acids is 1. The van der Waals surface area contributed by atoms with Gasteiger partial charge in [0.15, 0.2) is 0 Å². The molecule has 0 aromatic heterocycles. The molecule has 1 aliphatic rings. The molecule has 2 aromatic rings. The minimum atomic E-state index is -0.136. The first-order valence-corrected chi connectivity index (χ1v) is 7.39. The summed E-state index contributed by atoms with van der Waals surface area (Å²) in [5, 5.41) is 9.82. The molecule has 1 N–H and O–H groups in total. The summed E-state index contributed by atoms with van der Waals surface area (Å²) in [4.78, 5) is 18.3. The first-order chi connectivity index (χ1) is 10.7. The summed E-state index contributed by atoms with van der Waals surface area (Å²) in [6, 6.07) is 15.1. The molecule has 0 aliphatic carbocycles. The van der Waals surface area contributed by atoms with Crippen molar-refractivity contribution in [1.82, 2.24) is 0 Å². The number of carbonyl (C=O) groups is 1. The lowest BCUT2D eigenvalue weighted by Crippen LogP contribution is -2.34. The Labute approximate surface area is 133 Å². The number of fused-ring (bicyclic) bond motifs is 1. The van der Waals surface area contributed by atoms with Crippen molar-refractivity contribution in [2.45, 2.75) is 0 Å². The molecule has 1 heterocycles. The van der Waals surface area contributed by atoms with E-state index in [0.717, 1.165) is 22.5 Å². The number of anilines is 1. The van der Waals surface area contributed by atoms with Crippen LogP contribution in [-0.2, 0) is 4.79 Å². The van der Waals surface area contributed by atoms with Crippen molar-refractivity contribution in [3.8, 4) is 0 Å². The van der Waals surface area contributed by atoms with E-state index >= 15 is 0 Å². The fraction of sp³-hybridized carbons (Fsp3) is 0.176. The topological polar surface area (TPSA) is 52.9 Å². The highest BCUT2D eigenvalue weighted by Gasteiger charge is 2.24. The van der Waals surface area contributed by atoms with Crippen molar-refractivity contribution in [2.75, 3.05) is 24.6 Å². The van der Waals surface area contributed by atoms with Gasteiger partial charge in [-0.25, -0.2) is 0 Å². The van der Waals surface area contributed by atoms with Crippen LogP contribution in [0.4, 0.5) is 5.69 Å². The van der Waals surface area contributed by atoms with Gasteiger partial charge in [0, 0.05) is 22.7 Å². The fourth-order valence-electron chi connectivity index (χ4n) is 2.57. The second-order valence-corrected chi connectivity index (χ2v) is 5.40. The molecule has 5 heteroatoms. The molecule has 1 aliphatic heterocycles. The number of aliphatic hydroxyl groups is 1. The largest absolute Gasteiger partial charge is 0.395 e. The number of hydrogen-bond donors (Lipinski definition) is 1. The van der Waals surface area contributed by atoms with Gasteiger partial charge in [-0.05, 0) is 18.2 Å². The number of aliphatic imine (C=N–C) groups is 1. The summed E-state index contributed by atoms with van der Waals surface area (Å²) in [6.07, 6.45) is 0. The van der Waals surface area contributed by atoms with Gasteiger partial charge in [-0.15, -0.1) is 0 Å². The van der Waals surface area contributed by atoms with Gasteiger partial charge in [0.2, 0.25) is 5.91 Å². The van der Waals surface area contributed by atoms with Crippen molar-refractivity contribution < 1.29 is 9.90 Å². The van der Waals surface area contributed by atoms with Crippen molar-refractivity contribution in [2.24, 2.45) is 4.99 Å². The third-order valence-electron chi connectivity index (χ3n) is 3.55. The number of hydrogen-bond acceptors (Lipinski definition) is 3. The Morgan fingerprint density at radius 1 is 1.18 bits per heavy atom. The van der Waals surface area contributed by atoms with Crippen LogP contribution in [-0.4, -0.2) is 36.4 Å². The highest BCUT2D eigenvalue weighted by atomic mass is 35.5. The normalized spacial score (nSPS) is 14.4. The van der Waals surface area contributed by atoms with E-state index in [1.54, 1.807) is 17.0 Å². The molecular weight excluding hydrogens is 300 g/mol. The summed E-state index contributed by atoms with van der Waals surface area (Å²) < 4.78 is 0. The highest BCUT2D eigenvalue weighted by Crippen LogP contribution is 2.29. The summed E-state index contributed by atoms with van der Waals surface area (Å²) in [6.45, 7) is 0.191. The SMILES string of the molecule is O=C1CN=C(c2ccccc2)c2cc(Cl)ccc2N1CCO. The molecule has 0 atom stereocenters. The van der Waals surface area contributed by atoms with Gasteiger partial charge in [-0.3, -0.25) is 9.79 Å². The zero-order valence-corrected chi connectivity index (χ0v) is 12.6. The van der Waals surface area contributed by atoms with Crippen LogP contribution in [0.15, 0.2) is 53.5 Å². The Kier molecular flexibility index (Phi) is 4.22. The lowest BCUT2D eigenvalue weighted by molar-refractivity contribution is -0.117. The van der Waals surface area contributed by atoms with Crippen LogP contribution in [0.1, 0.15) is 11.1 Å². The van der Waals surface area contributed by atoms with E-state index < -0.39 is 0 Å². The number of benzene rings is 2. The van der Waals surface area contributed by atoms with E-state index in [0.29, 0.717) is 5.02 Å². The quantitative estimate of drug-likeness (QED) is 0.946. The summed E-state index contributed by atoms with van der Waals surface area (Å²) in [5.41, 5.74) is 3.21. The fourth-order valence-corrected chi connectivity index (χ4v) is 2.74. The van der Waals surface area contributed by atoms with Crippen LogP contribution >= 0.6 is 11.6 Å². The molecule has 0 fully saturated rings. The second-order valence-electron chi connectivity index (χ2n) is 4.96. The molecule has 3 rings (SSSR count). The molecular formula is C17H15ClN2O2. The van der Waals surface area contributed by atoms with Gasteiger partial charge in [-0.1, -0.05) is 41.9 Å². The Balaban J connectivity index is 2.18. The van der Waals surface area contributed by atoms with Crippen LogP contribution < -0.4 is 4.90 Å². The number of rotatable bonds is 3. The van der Waals surface area contributed by atoms with Crippen LogP contribution in [0.2, 0.25) is 5.02 Å². The maximum Gasteiger partial charge on any atom is 0.248 e. The van der Waals surface area contributed by atoms with Gasteiger partial charge in [0.05, 0.1) is 18.0 Å². The summed E-state index contributed by atoms with van der Waals surface area (Å²) in [7, 11) is 0. The highest BCUT2D eigenvalue weighted by molar-refractivity contribution is 6.32. The Hall–Kier alpha value is -2.17. The Bertz CT molecular complexity index is 729. The van der Waals surface area contributed by atoms with Gasteiger partial charge in [-0.2, -0.15) is 0 Å². The maximum absolute atomic E-state index is 12.3. The number of amides is 1. The molecule has 1 amide bonds. The number of benzodiazepines with no additional fused rings is 1. The number of aliphatic hydroxyl groups excluding tert-OH is 1. The lowest BCUT2D eigenvalue weighted by atomic mass is 10.0. The molecule has 112 valence electrons. The minimum absolute atomic E-state index is 0.0521. The molecule has 4 nitrogen and oxygen atoms in total. The average Bonchev–Trinajstić information content (AvgIpc) is 2.66. The monoisotopic (exact) mass is 314 g/mol. The van der Waals surface area contributed by atoms with E-state index in [1.165, 1.54) is 0 Å². The molecule has 2 aromatic carbocycles. The molecule has 0 saturated carbocycles. The van der Waals surface area contributed by atoms with Crippen LogP contribution in [0.3, 0.4) is 0 Å². The average molecular weight is 315 g/mol. The zero-order valence-electron chi connectivity index (χ0n) is 11.9. The van der Waals surface area contributed by atoms with Crippen molar-refractivity contribution >= 4 is 28.9 Å². The van der Waals surface area contributed by atoms with Gasteiger partial charge in [0.1, 0.15) is 6.54 Å². The van der Waals surface area contributed by atoms with E-state index in [2.05, 4.69) is 4.99 Å². The zero-order chi connectivity index (χ0) is 15.5. The molecule has 0 saturated heterocycles. The van der Waals surface area contributed by atoms with Crippen LogP contribution in [0.5, 0.6) is 0 Å². The molecule has 0 spiro atoms. The number of β-amino-alcohol motifs (C(OH)–C–C–N with tert-alkyl or cyclic N) is 1. The van der Waals surface area contributed by atoms with Gasteiger partial charge in [0.25, 0.3) is 0 Å². The molecule has 0 radical (unpaired) electrons.